The molecule has 72 valence electrons. The molecule has 0 aliphatic rings. The fourth-order valence-electron chi connectivity index (χ4n) is 0.887. The molecular formula is C9H10BaO4. The monoisotopic (exact) mass is 320 g/mol. The Morgan fingerprint density at radius 2 is 1.86 bits per heavy atom. The Morgan fingerprint density at radius 1 is 1.29 bits per heavy atom. The second-order valence-corrected chi connectivity index (χ2v) is 2.39. The third-order valence-electron chi connectivity index (χ3n) is 1.37. The van der Waals surface area contributed by atoms with E-state index >= 15 is 0 Å². The summed E-state index contributed by atoms with van der Waals surface area (Å²) in [6.07, 6.45) is 0. The number of benzene rings is 1. The van der Waals surface area contributed by atoms with Gasteiger partial charge in [-0.1, -0.05) is 12.1 Å². The standard InChI is InChI=1S/C9H8O4.Ba.2H/c1-6(10)13-8-5-3-2-4-7(8)9(11)12;;;/h2-5H,1H3,(H,11,12);;;. The average molecular weight is 320 g/mol. The maximum atomic E-state index is 10.6. The van der Waals surface area contributed by atoms with Crippen LogP contribution in [0.5, 0.6) is 5.75 Å². The second kappa shape index (κ2) is 6.26. The summed E-state index contributed by atoms with van der Waals surface area (Å²) in [4.78, 5) is 21.2. The van der Waals surface area contributed by atoms with Crippen molar-refractivity contribution in [1.82, 2.24) is 0 Å². The summed E-state index contributed by atoms with van der Waals surface area (Å²) in [6.45, 7) is 1.22. The Kier molecular flexibility index (Phi) is 6.14. The molecule has 0 fully saturated rings. The van der Waals surface area contributed by atoms with Crippen LogP contribution in [0.4, 0.5) is 0 Å². The van der Waals surface area contributed by atoms with Gasteiger partial charge in [0, 0.05) is 6.92 Å². The van der Waals surface area contributed by atoms with Gasteiger partial charge < -0.3 is 9.84 Å². The first-order valence-electron chi connectivity index (χ1n) is 3.62. The molecule has 0 heterocycles. The van der Waals surface area contributed by atoms with Crippen LogP contribution >= 0.6 is 0 Å². The zero-order chi connectivity index (χ0) is 9.84. The fraction of sp³-hybridized carbons (Fsp3) is 0.111. The molecule has 0 radical (unpaired) electrons. The van der Waals surface area contributed by atoms with Crippen LogP contribution in [-0.2, 0) is 4.79 Å². The summed E-state index contributed by atoms with van der Waals surface area (Å²) in [5.41, 5.74) is -0.0160. The van der Waals surface area contributed by atoms with Crippen LogP contribution in [0.3, 0.4) is 0 Å². The van der Waals surface area contributed by atoms with Gasteiger partial charge in [0.15, 0.2) is 0 Å². The SMILES string of the molecule is CC(=O)Oc1ccccc1C(=O)O.[BaH2]. The fourth-order valence-corrected chi connectivity index (χ4v) is 0.887. The van der Waals surface area contributed by atoms with Crippen molar-refractivity contribution >= 4 is 60.8 Å². The molecule has 4 nitrogen and oxygen atoms in total. The average Bonchev–Trinajstić information content (AvgIpc) is 2.03. The number of esters is 1. The van der Waals surface area contributed by atoms with Crippen molar-refractivity contribution in [3.05, 3.63) is 29.8 Å². The number of para-hydroxylation sites is 1. The number of rotatable bonds is 2. The van der Waals surface area contributed by atoms with E-state index in [-0.39, 0.29) is 60.2 Å². The molecule has 0 atom stereocenters. The van der Waals surface area contributed by atoms with Crippen molar-refractivity contribution < 1.29 is 19.4 Å². The topological polar surface area (TPSA) is 63.6 Å². The minimum atomic E-state index is -1.11. The van der Waals surface area contributed by atoms with E-state index in [0.717, 1.165) is 0 Å². The summed E-state index contributed by atoms with van der Waals surface area (Å²) < 4.78 is 4.69. The van der Waals surface area contributed by atoms with Crippen LogP contribution in [0.1, 0.15) is 17.3 Å². The van der Waals surface area contributed by atoms with Gasteiger partial charge in [0.2, 0.25) is 0 Å². The molecule has 1 aromatic carbocycles. The van der Waals surface area contributed by atoms with Crippen molar-refractivity contribution in [2.75, 3.05) is 0 Å². The van der Waals surface area contributed by atoms with Crippen LogP contribution in [0.25, 0.3) is 0 Å². The number of hydrogen-bond acceptors (Lipinski definition) is 3. The van der Waals surface area contributed by atoms with Crippen molar-refractivity contribution in [1.29, 1.82) is 0 Å². The number of carboxylic acids is 1. The van der Waals surface area contributed by atoms with Gasteiger partial charge in [0.1, 0.15) is 11.3 Å². The van der Waals surface area contributed by atoms with E-state index in [1.807, 2.05) is 0 Å². The first-order chi connectivity index (χ1) is 6.11. The zero-order valence-electron chi connectivity index (χ0n) is 6.98. The van der Waals surface area contributed by atoms with E-state index in [1.165, 1.54) is 19.1 Å². The molecule has 1 N–H and O–H groups in total. The first-order valence-corrected chi connectivity index (χ1v) is 3.62. The molecule has 0 amide bonds. The van der Waals surface area contributed by atoms with Crippen LogP contribution in [0.2, 0.25) is 0 Å². The minimum absolute atomic E-state index is 0. The molecule has 0 saturated heterocycles. The number of carbonyl (C=O) groups excluding carboxylic acids is 1. The van der Waals surface area contributed by atoms with Gasteiger partial charge >= 0.3 is 60.8 Å². The van der Waals surface area contributed by atoms with Gasteiger partial charge in [-0.25, -0.2) is 4.79 Å². The van der Waals surface area contributed by atoms with Gasteiger partial charge in [0.05, 0.1) is 0 Å². The Hall–Kier alpha value is -0.269. The van der Waals surface area contributed by atoms with Crippen LogP contribution in [0, 0.1) is 0 Å². The Balaban J connectivity index is 0.00000169. The van der Waals surface area contributed by atoms with Crippen molar-refractivity contribution in [3.63, 3.8) is 0 Å². The summed E-state index contributed by atoms with van der Waals surface area (Å²) in [5, 5.41) is 8.69. The first kappa shape index (κ1) is 13.7. The summed E-state index contributed by atoms with van der Waals surface area (Å²) in [5.74, 6) is -1.58. The van der Waals surface area contributed by atoms with E-state index in [1.54, 1.807) is 12.1 Å². The second-order valence-electron chi connectivity index (χ2n) is 2.39. The van der Waals surface area contributed by atoms with E-state index < -0.39 is 11.9 Å². The molecule has 0 spiro atoms. The van der Waals surface area contributed by atoms with Gasteiger partial charge in [-0.05, 0) is 12.1 Å². The molecule has 0 saturated carbocycles. The summed E-state index contributed by atoms with van der Waals surface area (Å²) >= 11 is 0. The van der Waals surface area contributed by atoms with Crippen molar-refractivity contribution in [2.24, 2.45) is 0 Å². The van der Waals surface area contributed by atoms with Gasteiger partial charge in [-0.15, -0.1) is 0 Å². The molecule has 0 bridgehead atoms. The summed E-state index contributed by atoms with van der Waals surface area (Å²) in [6, 6.07) is 5.98. The molecule has 1 aromatic rings. The van der Waals surface area contributed by atoms with Crippen molar-refractivity contribution in [2.45, 2.75) is 6.92 Å². The van der Waals surface area contributed by atoms with Gasteiger partial charge in [-0.2, -0.15) is 0 Å². The molecule has 1 rings (SSSR count). The number of carboxylic acid groups (broad SMARTS) is 1. The molecular weight excluding hydrogens is 309 g/mol. The molecule has 0 aliphatic heterocycles. The zero-order valence-corrected chi connectivity index (χ0v) is 6.98. The van der Waals surface area contributed by atoms with Gasteiger partial charge in [-0.3, -0.25) is 4.79 Å². The van der Waals surface area contributed by atoms with Crippen LogP contribution in [0.15, 0.2) is 24.3 Å². The van der Waals surface area contributed by atoms with E-state index in [9.17, 15) is 9.59 Å². The summed E-state index contributed by atoms with van der Waals surface area (Å²) in [7, 11) is 0. The molecule has 14 heavy (non-hydrogen) atoms. The number of carbonyl (C=O) groups is 2. The molecule has 0 aromatic heterocycles. The van der Waals surface area contributed by atoms with Gasteiger partial charge in [0.25, 0.3) is 0 Å². The van der Waals surface area contributed by atoms with Crippen LogP contribution in [-0.4, -0.2) is 65.9 Å². The number of ether oxygens (including phenoxy) is 1. The van der Waals surface area contributed by atoms with E-state index in [4.69, 9.17) is 5.11 Å². The Labute approximate surface area is 121 Å². The molecule has 0 aliphatic carbocycles. The quantitative estimate of drug-likeness (QED) is 0.487. The predicted octanol–water partition coefficient (Wildman–Crippen LogP) is 0.394. The maximum absolute atomic E-state index is 10.6. The predicted molar refractivity (Wildman–Crippen MR) is 53.3 cm³/mol. The Morgan fingerprint density at radius 3 is 2.36 bits per heavy atom. The molecule has 5 heteroatoms. The van der Waals surface area contributed by atoms with E-state index in [0.29, 0.717) is 0 Å². The van der Waals surface area contributed by atoms with Crippen LogP contribution < -0.4 is 4.74 Å². The van der Waals surface area contributed by atoms with E-state index in [2.05, 4.69) is 4.74 Å². The number of hydrogen-bond donors (Lipinski definition) is 1. The third-order valence-corrected chi connectivity index (χ3v) is 1.37. The number of aromatic carboxylic acids is 1. The third kappa shape index (κ3) is 3.85. The molecule has 0 unspecified atom stereocenters. The Bertz CT molecular complexity index is 348. The normalized spacial score (nSPS) is 8.64. The van der Waals surface area contributed by atoms with Crippen molar-refractivity contribution in [3.8, 4) is 5.75 Å².